The van der Waals surface area contributed by atoms with Gasteiger partial charge in [-0.2, -0.15) is 0 Å². The number of hydrogen-bond donors (Lipinski definition) is 0. The van der Waals surface area contributed by atoms with Crippen molar-refractivity contribution in [2.75, 3.05) is 20.3 Å². The molecule has 1 unspecified atom stereocenters. The maximum absolute atomic E-state index is 11.3. The minimum atomic E-state index is -0.130. The van der Waals surface area contributed by atoms with Crippen LogP contribution in [-0.2, 0) is 22.5 Å². The van der Waals surface area contributed by atoms with Crippen molar-refractivity contribution < 1.29 is 14.3 Å². The van der Waals surface area contributed by atoms with Gasteiger partial charge < -0.3 is 9.47 Å². The van der Waals surface area contributed by atoms with E-state index in [9.17, 15) is 4.79 Å². The van der Waals surface area contributed by atoms with E-state index in [1.165, 1.54) is 18.2 Å². The summed E-state index contributed by atoms with van der Waals surface area (Å²) in [6, 6.07) is 6.23. The maximum Gasteiger partial charge on any atom is 0.324 e. The Balaban J connectivity index is 1.65. The Morgan fingerprint density at radius 2 is 2.47 bits per heavy atom. The topological polar surface area (TPSA) is 38.5 Å². The third kappa shape index (κ3) is 2.00. The molecular formula is C13H15NO3. The van der Waals surface area contributed by atoms with Crippen LogP contribution in [0.1, 0.15) is 11.1 Å². The van der Waals surface area contributed by atoms with Gasteiger partial charge in [-0.25, -0.2) is 0 Å². The monoisotopic (exact) mass is 233 g/mol. The van der Waals surface area contributed by atoms with Gasteiger partial charge >= 0.3 is 5.97 Å². The Bertz CT molecular complexity index is 458. The molecule has 0 amide bonds. The molecule has 0 bridgehead atoms. The third-order valence-corrected chi connectivity index (χ3v) is 3.33. The molecule has 1 fully saturated rings. The summed E-state index contributed by atoms with van der Waals surface area (Å²) in [5, 5.41) is 0. The predicted molar refractivity (Wildman–Crippen MR) is 61.9 cm³/mol. The van der Waals surface area contributed by atoms with Crippen molar-refractivity contribution >= 4 is 5.97 Å². The Hall–Kier alpha value is -1.55. The second-order valence-corrected chi connectivity index (χ2v) is 4.51. The molecule has 0 N–H and O–H groups in total. The zero-order valence-electron chi connectivity index (χ0n) is 9.81. The molecule has 2 aliphatic heterocycles. The number of hydrogen-bond acceptors (Lipinski definition) is 4. The Morgan fingerprint density at radius 3 is 3.29 bits per heavy atom. The van der Waals surface area contributed by atoms with Gasteiger partial charge in [0.15, 0.2) is 0 Å². The van der Waals surface area contributed by atoms with Gasteiger partial charge in [0.1, 0.15) is 11.8 Å². The summed E-state index contributed by atoms with van der Waals surface area (Å²) >= 11 is 0. The SMILES string of the molecule is COC(=O)[C@@H]1CN1Cc1ccc2c(c1)CCO2. The highest BCUT2D eigenvalue weighted by Gasteiger charge is 2.41. The average molecular weight is 233 g/mol. The van der Waals surface area contributed by atoms with Gasteiger partial charge in [0, 0.05) is 19.5 Å². The zero-order chi connectivity index (χ0) is 11.8. The fourth-order valence-electron chi connectivity index (χ4n) is 2.28. The summed E-state index contributed by atoms with van der Waals surface area (Å²) < 4.78 is 10.2. The van der Waals surface area contributed by atoms with Gasteiger partial charge in [-0.1, -0.05) is 12.1 Å². The summed E-state index contributed by atoms with van der Waals surface area (Å²) in [5.74, 6) is 0.874. The van der Waals surface area contributed by atoms with E-state index in [1.807, 2.05) is 6.07 Å². The molecule has 0 radical (unpaired) electrons. The summed E-state index contributed by atoms with van der Waals surface area (Å²) in [6.45, 7) is 2.40. The van der Waals surface area contributed by atoms with E-state index in [0.29, 0.717) is 0 Å². The number of nitrogens with zero attached hydrogens (tertiary/aromatic N) is 1. The molecule has 1 saturated heterocycles. The van der Waals surface area contributed by atoms with Crippen molar-refractivity contribution in [3.05, 3.63) is 29.3 Å². The van der Waals surface area contributed by atoms with Gasteiger partial charge in [-0.15, -0.1) is 0 Å². The van der Waals surface area contributed by atoms with Gasteiger partial charge in [-0.3, -0.25) is 9.69 Å². The van der Waals surface area contributed by atoms with E-state index in [1.54, 1.807) is 0 Å². The number of benzene rings is 1. The molecule has 0 saturated carbocycles. The van der Waals surface area contributed by atoms with Crippen LogP contribution in [0.4, 0.5) is 0 Å². The first-order chi connectivity index (χ1) is 8.28. The van der Waals surface area contributed by atoms with Crippen LogP contribution in [-0.4, -0.2) is 37.2 Å². The zero-order valence-corrected chi connectivity index (χ0v) is 9.81. The third-order valence-electron chi connectivity index (χ3n) is 3.33. The summed E-state index contributed by atoms with van der Waals surface area (Å²) in [5.41, 5.74) is 2.51. The molecule has 2 heterocycles. The first-order valence-electron chi connectivity index (χ1n) is 5.84. The molecule has 3 rings (SSSR count). The van der Waals surface area contributed by atoms with E-state index in [4.69, 9.17) is 9.47 Å². The highest BCUT2D eigenvalue weighted by atomic mass is 16.5. The molecule has 0 aliphatic carbocycles. The highest BCUT2D eigenvalue weighted by Crippen LogP contribution is 2.28. The minimum Gasteiger partial charge on any atom is -0.493 e. The Morgan fingerprint density at radius 1 is 1.59 bits per heavy atom. The predicted octanol–water partition coefficient (Wildman–Crippen LogP) is 0.979. The van der Waals surface area contributed by atoms with E-state index >= 15 is 0 Å². The molecule has 4 nitrogen and oxygen atoms in total. The highest BCUT2D eigenvalue weighted by molar-refractivity contribution is 5.78. The van der Waals surface area contributed by atoms with Crippen molar-refractivity contribution in [2.45, 2.75) is 19.0 Å². The van der Waals surface area contributed by atoms with Crippen LogP contribution in [0.2, 0.25) is 0 Å². The molecule has 2 aliphatic rings. The smallest absolute Gasteiger partial charge is 0.324 e. The molecule has 2 atom stereocenters. The normalized spacial score (nSPS) is 25.0. The van der Waals surface area contributed by atoms with Crippen LogP contribution < -0.4 is 4.74 Å². The van der Waals surface area contributed by atoms with Crippen molar-refractivity contribution in [2.24, 2.45) is 0 Å². The molecule has 17 heavy (non-hydrogen) atoms. The number of methoxy groups -OCH3 is 1. The number of carbonyl (C=O) groups is 1. The molecule has 1 aromatic rings. The average Bonchev–Trinajstić information content (AvgIpc) is 2.94. The van der Waals surface area contributed by atoms with Gasteiger partial charge in [-0.05, 0) is 17.2 Å². The summed E-state index contributed by atoms with van der Waals surface area (Å²) in [4.78, 5) is 13.4. The van der Waals surface area contributed by atoms with Crippen LogP contribution in [0, 0.1) is 0 Å². The van der Waals surface area contributed by atoms with Crippen LogP contribution in [0.15, 0.2) is 18.2 Å². The minimum absolute atomic E-state index is 0.0375. The van der Waals surface area contributed by atoms with E-state index in [-0.39, 0.29) is 12.0 Å². The van der Waals surface area contributed by atoms with Crippen LogP contribution in [0.25, 0.3) is 0 Å². The second kappa shape index (κ2) is 4.04. The van der Waals surface area contributed by atoms with Gasteiger partial charge in [0.05, 0.1) is 13.7 Å². The largest absolute Gasteiger partial charge is 0.493 e. The van der Waals surface area contributed by atoms with Crippen LogP contribution in [0.3, 0.4) is 0 Å². The number of fused-ring (bicyclic) bond motifs is 1. The first kappa shape index (κ1) is 10.6. The lowest BCUT2D eigenvalue weighted by Gasteiger charge is -2.05. The van der Waals surface area contributed by atoms with Crippen molar-refractivity contribution in [1.82, 2.24) is 4.90 Å². The lowest BCUT2D eigenvalue weighted by atomic mass is 10.1. The lowest BCUT2D eigenvalue weighted by molar-refractivity contribution is -0.140. The van der Waals surface area contributed by atoms with E-state index in [0.717, 1.165) is 31.9 Å². The lowest BCUT2D eigenvalue weighted by Crippen LogP contribution is -2.14. The van der Waals surface area contributed by atoms with E-state index in [2.05, 4.69) is 17.0 Å². The Labute approximate surface area is 100 Å². The molecule has 0 aromatic heterocycles. The Kier molecular flexibility index (Phi) is 2.52. The molecular weight excluding hydrogens is 218 g/mol. The van der Waals surface area contributed by atoms with Crippen LogP contribution in [0.5, 0.6) is 5.75 Å². The first-order valence-corrected chi connectivity index (χ1v) is 5.84. The molecule has 4 heteroatoms. The molecule has 1 aromatic carbocycles. The van der Waals surface area contributed by atoms with Gasteiger partial charge in [0.25, 0.3) is 0 Å². The number of ether oxygens (including phenoxy) is 2. The van der Waals surface area contributed by atoms with E-state index < -0.39 is 0 Å². The van der Waals surface area contributed by atoms with Crippen molar-refractivity contribution in [3.63, 3.8) is 0 Å². The summed E-state index contributed by atoms with van der Waals surface area (Å²) in [6.07, 6.45) is 0.990. The summed E-state index contributed by atoms with van der Waals surface area (Å²) in [7, 11) is 1.44. The molecule has 0 spiro atoms. The number of carbonyl (C=O) groups excluding carboxylic acids is 1. The standard InChI is InChI=1S/C13H15NO3/c1-16-13(15)11-8-14(11)7-9-2-3-12-10(6-9)4-5-17-12/h2-3,6,11H,4-5,7-8H2,1H3/t11-,14?/m0/s1. The molecule has 90 valence electrons. The number of rotatable bonds is 3. The number of esters is 1. The van der Waals surface area contributed by atoms with Crippen molar-refractivity contribution in [3.8, 4) is 5.75 Å². The fourth-order valence-corrected chi connectivity index (χ4v) is 2.28. The maximum atomic E-state index is 11.3. The fraction of sp³-hybridized carbons (Fsp3) is 0.462. The van der Waals surface area contributed by atoms with Gasteiger partial charge in [0.2, 0.25) is 0 Å². The second-order valence-electron chi connectivity index (χ2n) is 4.51. The van der Waals surface area contributed by atoms with Crippen LogP contribution >= 0.6 is 0 Å². The quantitative estimate of drug-likeness (QED) is 0.576. The van der Waals surface area contributed by atoms with Crippen molar-refractivity contribution in [1.29, 1.82) is 0 Å².